The van der Waals surface area contributed by atoms with Crippen molar-refractivity contribution in [2.45, 2.75) is 25.9 Å². The number of aliphatic hydroxyl groups is 1. The van der Waals surface area contributed by atoms with Crippen LogP contribution in [0.15, 0.2) is 41.1 Å². The van der Waals surface area contributed by atoms with Gasteiger partial charge in [0.1, 0.15) is 5.75 Å². The molecule has 0 radical (unpaired) electrons. The summed E-state index contributed by atoms with van der Waals surface area (Å²) in [5.74, 6) is 0.859. The minimum Gasteiger partial charge on any atom is -0.493 e. The van der Waals surface area contributed by atoms with E-state index in [9.17, 15) is 5.11 Å². The van der Waals surface area contributed by atoms with Crippen LogP contribution in [0.3, 0.4) is 0 Å². The summed E-state index contributed by atoms with van der Waals surface area (Å²) in [6, 6.07) is 9.81. The molecule has 0 bridgehead atoms. The number of benzene rings is 1. The van der Waals surface area contributed by atoms with Gasteiger partial charge in [-0.15, -0.1) is 0 Å². The number of ether oxygens (including phenoxy) is 1. The molecular formula is C15H18O2S. The average Bonchev–Trinajstić information content (AvgIpc) is 2.92. The first kappa shape index (κ1) is 13.1. The van der Waals surface area contributed by atoms with Crippen LogP contribution in [-0.2, 0) is 6.42 Å². The Kier molecular flexibility index (Phi) is 4.79. The maximum Gasteiger partial charge on any atom is 0.119 e. The predicted molar refractivity (Wildman–Crippen MR) is 75.2 cm³/mol. The van der Waals surface area contributed by atoms with Gasteiger partial charge in [-0.1, -0.05) is 19.1 Å². The molecule has 1 aromatic carbocycles. The molecule has 2 aromatic rings. The SMILES string of the molecule is CC[C@@H](O)c1ccc(OCCc2ccsc2)cc1. The standard InChI is InChI=1S/C15H18O2S/c1-2-15(16)13-3-5-14(6-4-13)17-9-7-12-8-10-18-11-12/h3-6,8,10-11,15-16H,2,7,9H2,1H3/t15-/m1/s1. The van der Waals surface area contributed by atoms with Gasteiger partial charge in [0.15, 0.2) is 0 Å². The number of hydrogen-bond acceptors (Lipinski definition) is 3. The molecule has 0 unspecified atom stereocenters. The maximum atomic E-state index is 9.68. The topological polar surface area (TPSA) is 29.5 Å². The fourth-order valence-corrected chi connectivity index (χ4v) is 2.45. The zero-order valence-electron chi connectivity index (χ0n) is 10.5. The Balaban J connectivity index is 1.83. The fraction of sp³-hybridized carbons (Fsp3) is 0.333. The number of aliphatic hydroxyl groups excluding tert-OH is 1. The van der Waals surface area contributed by atoms with E-state index in [-0.39, 0.29) is 6.10 Å². The number of hydrogen-bond donors (Lipinski definition) is 1. The summed E-state index contributed by atoms with van der Waals surface area (Å²) in [6.07, 6.45) is 1.30. The lowest BCUT2D eigenvalue weighted by Crippen LogP contribution is -2.01. The third kappa shape index (κ3) is 3.59. The van der Waals surface area contributed by atoms with Crippen molar-refractivity contribution in [1.82, 2.24) is 0 Å². The normalized spacial score (nSPS) is 12.3. The Morgan fingerprint density at radius 3 is 2.61 bits per heavy atom. The smallest absolute Gasteiger partial charge is 0.119 e. The van der Waals surface area contributed by atoms with Crippen LogP contribution in [-0.4, -0.2) is 11.7 Å². The van der Waals surface area contributed by atoms with Crippen molar-refractivity contribution in [2.24, 2.45) is 0 Å². The molecule has 0 aliphatic heterocycles. The van der Waals surface area contributed by atoms with Gasteiger partial charge < -0.3 is 9.84 Å². The molecule has 18 heavy (non-hydrogen) atoms. The lowest BCUT2D eigenvalue weighted by molar-refractivity contribution is 0.173. The fourth-order valence-electron chi connectivity index (χ4n) is 1.74. The molecule has 0 saturated carbocycles. The molecule has 1 N–H and O–H groups in total. The van der Waals surface area contributed by atoms with Crippen LogP contribution in [0.1, 0.15) is 30.6 Å². The van der Waals surface area contributed by atoms with Crippen molar-refractivity contribution in [1.29, 1.82) is 0 Å². The van der Waals surface area contributed by atoms with Crippen molar-refractivity contribution < 1.29 is 9.84 Å². The molecule has 96 valence electrons. The van der Waals surface area contributed by atoms with E-state index in [1.54, 1.807) is 11.3 Å². The molecule has 0 amide bonds. The first-order chi connectivity index (χ1) is 8.79. The van der Waals surface area contributed by atoms with E-state index in [1.165, 1.54) is 5.56 Å². The van der Waals surface area contributed by atoms with Crippen molar-refractivity contribution in [2.75, 3.05) is 6.61 Å². The lowest BCUT2D eigenvalue weighted by atomic mass is 10.1. The molecule has 0 fully saturated rings. The second kappa shape index (κ2) is 6.57. The van der Waals surface area contributed by atoms with Crippen molar-refractivity contribution in [3.63, 3.8) is 0 Å². The number of thiophene rings is 1. The van der Waals surface area contributed by atoms with Gasteiger partial charge in [0.25, 0.3) is 0 Å². The highest BCUT2D eigenvalue weighted by Crippen LogP contribution is 2.20. The Labute approximate surface area is 112 Å². The first-order valence-electron chi connectivity index (χ1n) is 6.21. The van der Waals surface area contributed by atoms with Crippen molar-refractivity contribution in [3.05, 3.63) is 52.2 Å². The van der Waals surface area contributed by atoms with Crippen LogP contribution in [0.25, 0.3) is 0 Å². The van der Waals surface area contributed by atoms with E-state index in [0.29, 0.717) is 6.61 Å². The predicted octanol–water partition coefficient (Wildman–Crippen LogP) is 3.81. The summed E-state index contributed by atoms with van der Waals surface area (Å²) in [5.41, 5.74) is 2.26. The second-order valence-electron chi connectivity index (χ2n) is 4.22. The first-order valence-corrected chi connectivity index (χ1v) is 7.15. The van der Waals surface area contributed by atoms with Crippen LogP contribution in [0.2, 0.25) is 0 Å². The Morgan fingerprint density at radius 1 is 1.22 bits per heavy atom. The average molecular weight is 262 g/mol. The molecule has 1 aromatic heterocycles. The van der Waals surface area contributed by atoms with E-state index in [2.05, 4.69) is 16.8 Å². The molecular weight excluding hydrogens is 244 g/mol. The van der Waals surface area contributed by atoms with Crippen molar-refractivity contribution in [3.8, 4) is 5.75 Å². The Hall–Kier alpha value is -1.32. The zero-order valence-corrected chi connectivity index (χ0v) is 11.3. The van der Waals surface area contributed by atoms with Crippen LogP contribution in [0.5, 0.6) is 5.75 Å². The maximum absolute atomic E-state index is 9.68. The molecule has 0 spiro atoms. The number of rotatable bonds is 6. The second-order valence-corrected chi connectivity index (χ2v) is 5.00. The monoisotopic (exact) mass is 262 g/mol. The summed E-state index contributed by atoms with van der Waals surface area (Å²) in [5, 5.41) is 13.9. The molecule has 0 saturated heterocycles. The summed E-state index contributed by atoms with van der Waals surface area (Å²) < 4.78 is 5.67. The van der Waals surface area contributed by atoms with Gasteiger partial charge in [-0.05, 0) is 46.5 Å². The van der Waals surface area contributed by atoms with Crippen LogP contribution >= 0.6 is 11.3 Å². The summed E-state index contributed by atoms with van der Waals surface area (Å²) in [6.45, 7) is 2.66. The molecule has 1 heterocycles. The Bertz CT molecular complexity index is 448. The summed E-state index contributed by atoms with van der Waals surface area (Å²) in [7, 11) is 0. The summed E-state index contributed by atoms with van der Waals surface area (Å²) >= 11 is 1.71. The molecule has 0 aliphatic rings. The summed E-state index contributed by atoms with van der Waals surface area (Å²) in [4.78, 5) is 0. The minimum atomic E-state index is -0.371. The lowest BCUT2D eigenvalue weighted by Gasteiger charge is -2.10. The highest BCUT2D eigenvalue weighted by Gasteiger charge is 2.04. The minimum absolute atomic E-state index is 0.371. The van der Waals surface area contributed by atoms with Gasteiger partial charge >= 0.3 is 0 Å². The van der Waals surface area contributed by atoms with Gasteiger partial charge in [0.2, 0.25) is 0 Å². The van der Waals surface area contributed by atoms with Crippen LogP contribution in [0, 0.1) is 0 Å². The highest BCUT2D eigenvalue weighted by molar-refractivity contribution is 7.07. The molecule has 2 rings (SSSR count). The van der Waals surface area contributed by atoms with Crippen LogP contribution < -0.4 is 4.74 Å². The van der Waals surface area contributed by atoms with Gasteiger partial charge in [-0.2, -0.15) is 11.3 Å². The molecule has 0 aliphatic carbocycles. The van der Waals surface area contributed by atoms with E-state index in [1.807, 2.05) is 31.2 Å². The largest absolute Gasteiger partial charge is 0.493 e. The van der Waals surface area contributed by atoms with Gasteiger partial charge in [-0.3, -0.25) is 0 Å². The zero-order chi connectivity index (χ0) is 12.8. The van der Waals surface area contributed by atoms with E-state index >= 15 is 0 Å². The van der Waals surface area contributed by atoms with E-state index < -0.39 is 0 Å². The van der Waals surface area contributed by atoms with E-state index in [0.717, 1.165) is 24.2 Å². The quantitative estimate of drug-likeness (QED) is 0.857. The van der Waals surface area contributed by atoms with E-state index in [4.69, 9.17) is 4.74 Å². The van der Waals surface area contributed by atoms with Crippen LogP contribution in [0.4, 0.5) is 0 Å². The van der Waals surface area contributed by atoms with Crippen molar-refractivity contribution >= 4 is 11.3 Å². The van der Waals surface area contributed by atoms with Gasteiger partial charge in [0.05, 0.1) is 12.7 Å². The highest BCUT2D eigenvalue weighted by atomic mass is 32.1. The molecule has 1 atom stereocenters. The third-order valence-corrected chi connectivity index (χ3v) is 3.62. The third-order valence-electron chi connectivity index (χ3n) is 2.89. The molecule has 3 heteroatoms. The van der Waals surface area contributed by atoms with Gasteiger partial charge in [0, 0.05) is 6.42 Å². The van der Waals surface area contributed by atoms with Gasteiger partial charge in [-0.25, -0.2) is 0 Å². The Morgan fingerprint density at radius 2 is 2.00 bits per heavy atom. The molecule has 2 nitrogen and oxygen atoms in total.